The number of pyridine rings is 1. The van der Waals surface area contributed by atoms with Crippen LogP contribution in [0.15, 0.2) is 48.7 Å². The molecule has 136 valence electrons. The zero-order chi connectivity index (χ0) is 18.0. The van der Waals surface area contributed by atoms with E-state index in [1.54, 1.807) is 6.20 Å². The average molecular weight is 349 g/mol. The smallest absolute Gasteiger partial charge is 0.255 e. The van der Waals surface area contributed by atoms with Crippen molar-refractivity contribution in [1.82, 2.24) is 15.2 Å². The normalized spacial score (nSPS) is 25.6. The van der Waals surface area contributed by atoms with Gasteiger partial charge in [0.15, 0.2) is 0 Å². The standard InChI is InChI=1S/C22H27N3O/c1-22-12-6-14-25(20(22)9-5-13-24-22)21(26)18-10-11-19(23-16-18)15-17-7-3-2-4-8-17/h2-4,7-8,10-11,16,20,24H,5-6,9,12-15H2,1H3/t20-,22+/m1/s1. The van der Waals surface area contributed by atoms with Crippen LogP contribution >= 0.6 is 0 Å². The minimum Gasteiger partial charge on any atom is -0.334 e. The zero-order valence-corrected chi connectivity index (χ0v) is 15.4. The summed E-state index contributed by atoms with van der Waals surface area (Å²) in [7, 11) is 0. The van der Waals surface area contributed by atoms with Crippen molar-refractivity contribution in [2.24, 2.45) is 0 Å². The predicted octanol–water partition coefficient (Wildman–Crippen LogP) is 3.42. The summed E-state index contributed by atoms with van der Waals surface area (Å²) in [4.78, 5) is 19.8. The van der Waals surface area contributed by atoms with Crippen molar-refractivity contribution in [1.29, 1.82) is 0 Å². The summed E-state index contributed by atoms with van der Waals surface area (Å²) in [6.45, 7) is 4.19. The lowest BCUT2D eigenvalue weighted by Crippen LogP contribution is -2.65. The van der Waals surface area contributed by atoms with Crippen LogP contribution in [0.2, 0.25) is 0 Å². The van der Waals surface area contributed by atoms with Crippen molar-refractivity contribution in [2.45, 2.75) is 50.6 Å². The molecule has 2 atom stereocenters. The van der Waals surface area contributed by atoms with Crippen LogP contribution in [0.5, 0.6) is 0 Å². The molecule has 4 rings (SSSR count). The van der Waals surface area contributed by atoms with Gasteiger partial charge >= 0.3 is 0 Å². The van der Waals surface area contributed by atoms with Crippen LogP contribution in [0.3, 0.4) is 0 Å². The number of carbonyl (C=O) groups excluding carboxylic acids is 1. The lowest BCUT2D eigenvalue weighted by Gasteiger charge is -2.51. The molecule has 2 fully saturated rings. The Kier molecular flexibility index (Phi) is 4.77. The molecule has 4 nitrogen and oxygen atoms in total. The Morgan fingerprint density at radius 1 is 1.23 bits per heavy atom. The molecule has 4 heteroatoms. The first-order valence-electron chi connectivity index (χ1n) is 9.71. The molecule has 1 amide bonds. The molecule has 1 N–H and O–H groups in total. The van der Waals surface area contributed by atoms with Crippen LogP contribution in [-0.2, 0) is 6.42 Å². The maximum Gasteiger partial charge on any atom is 0.255 e. The van der Waals surface area contributed by atoms with Crippen LogP contribution < -0.4 is 5.32 Å². The third kappa shape index (κ3) is 3.38. The Morgan fingerprint density at radius 3 is 2.85 bits per heavy atom. The molecule has 0 spiro atoms. The number of rotatable bonds is 3. The lowest BCUT2D eigenvalue weighted by atomic mass is 9.77. The summed E-state index contributed by atoms with van der Waals surface area (Å²) in [5.74, 6) is 0.128. The van der Waals surface area contributed by atoms with E-state index < -0.39 is 0 Å². The fraction of sp³-hybridized carbons (Fsp3) is 0.455. The maximum absolute atomic E-state index is 13.1. The minimum absolute atomic E-state index is 0.0623. The van der Waals surface area contributed by atoms with Crippen LogP contribution in [0, 0.1) is 0 Å². The second-order valence-electron chi connectivity index (χ2n) is 7.80. The van der Waals surface area contributed by atoms with E-state index in [0.717, 1.165) is 50.9 Å². The van der Waals surface area contributed by atoms with Gasteiger partial charge in [0, 0.05) is 36.4 Å². The number of likely N-dealkylation sites (tertiary alicyclic amines) is 1. The number of nitrogens with one attached hydrogen (secondary N) is 1. The van der Waals surface area contributed by atoms with Gasteiger partial charge in [0.2, 0.25) is 0 Å². The SMILES string of the molecule is C[C@]12CCCN(C(=O)c3ccc(Cc4ccccc4)nc3)[C@@H]1CCCN2. The Labute approximate surface area is 155 Å². The van der Waals surface area contributed by atoms with Gasteiger partial charge in [-0.3, -0.25) is 9.78 Å². The summed E-state index contributed by atoms with van der Waals surface area (Å²) < 4.78 is 0. The first-order chi connectivity index (χ1) is 12.7. The Morgan fingerprint density at radius 2 is 2.08 bits per heavy atom. The van der Waals surface area contributed by atoms with Crippen molar-refractivity contribution in [3.8, 4) is 0 Å². The molecule has 0 unspecified atom stereocenters. The van der Waals surface area contributed by atoms with Crippen molar-refractivity contribution in [2.75, 3.05) is 13.1 Å². The highest BCUT2D eigenvalue weighted by molar-refractivity contribution is 5.94. The number of hydrogen-bond acceptors (Lipinski definition) is 3. The number of benzene rings is 1. The molecule has 0 radical (unpaired) electrons. The number of amides is 1. The third-order valence-electron chi connectivity index (χ3n) is 5.95. The fourth-order valence-electron chi connectivity index (χ4n) is 4.50. The molecule has 2 aliphatic heterocycles. The third-order valence-corrected chi connectivity index (χ3v) is 5.95. The van der Waals surface area contributed by atoms with Gasteiger partial charge in [-0.2, -0.15) is 0 Å². The van der Waals surface area contributed by atoms with E-state index in [9.17, 15) is 4.79 Å². The molecule has 0 saturated carbocycles. The van der Waals surface area contributed by atoms with E-state index in [2.05, 4.69) is 34.3 Å². The zero-order valence-electron chi connectivity index (χ0n) is 15.4. The average Bonchev–Trinajstić information content (AvgIpc) is 2.68. The topological polar surface area (TPSA) is 45.2 Å². The second kappa shape index (κ2) is 7.20. The van der Waals surface area contributed by atoms with Crippen molar-refractivity contribution in [3.63, 3.8) is 0 Å². The molecule has 1 aromatic carbocycles. The summed E-state index contributed by atoms with van der Waals surface area (Å²) in [6.07, 6.45) is 6.99. The fourth-order valence-corrected chi connectivity index (χ4v) is 4.50. The number of carbonyl (C=O) groups is 1. The second-order valence-corrected chi connectivity index (χ2v) is 7.80. The molecule has 2 aromatic rings. The van der Waals surface area contributed by atoms with Crippen LogP contribution in [-0.4, -0.2) is 40.5 Å². The molecule has 0 bridgehead atoms. The quantitative estimate of drug-likeness (QED) is 0.923. The number of piperidine rings is 2. The molecular formula is C22H27N3O. The Hall–Kier alpha value is -2.20. The summed E-state index contributed by atoms with van der Waals surface area (Å²) in [5, 5.41) is 3.66. The van der Waals surface area contributed by atoms with Gasteiger partial charge in [-0.25, -0.2) is 0 Å². The van der Waals surface area contributed by atoms with Gasteiger partial charge in [-0.05, 0) is 56.8 Å². The van der Waals surface area contributed by atoms with Crippen LogP contribution in [0.25, 0.3) is 0 Å². The molecule has 0 aliphatic carbocycles. The molecule has 2 saturated heterocycles. The molecular weight excluding hydrogens is 322 g/mol. The van der Waals surface area contributed by atoms with Crippen molar-refractivity contribution < 1.29 is 4.79 Å². The molecule has 26 heavy (non-hydrogen) atoms. The maximum atomic E-state index is 13.1. The predicted molar refractivity (Wildman–Crippen MR) is 103 cm³/mol. The Bertz CT molecular complexity index is 755. The van der Waals surface area contributed by atoms with E-state index in [0.29, 0.717) is 11.6 Å². The summed E-state index contributed by atoms with van der Waals surface area (Å²) in [5.41, 5.74) is 3.00. The van der Waals surface area contributed by atoms with Gasteiger partial charge in [0.05, 0.1) is 5.56 Å². The van der Waals surface area contributed by atoms with Crippen molar-refractivity contribution >= 4 is 5.91 Å². The van der Waals surface area contributed by atoms with Gasteiger partial charge in [0.25, 0.3) is 5.91 Å². The highest BCUT2D eigenvalue weighted by Gasteiger charge is 2.44. The Balaban J connectivity index is 1.49. The summed E-state index contributed by atoms with van der Waals surface area (Å²) in [6, 6.07) is 14.5. The number of nitrogens with zero attached hydrogens (tertiary/aromatic N) is 2. The monoisotopic (exact) mass is 349 g/mol. The van der Waals surface area contributed by atoms with Crippen LogP contribution in [0.1, 0.15) is 54.2 Å². The number of aromatic nitrogens is 1. The van der Waals surface area contributed by atoms with Crippen LogP contribution in [0.4, 0.5) is 0 Å². The van der Waals surface area contributed by atoms with E-state index >= 15 is 0 Å². The highest BCUT2D eigenvalue weighted by atomic mass is 16.2. The first kappa shape index (κ1) is 17.2. The number of hydrogen-bond donors (Lipinski definition) is 1. The van der Waals surface area contributed by atoms with Gasteiger partial charge in [0.1, 0.15) is 0 Å². The van der Waals surface area contributed by atoms with E-state index in [1.165, 1.54) is 5.56 Å². The van der Waals surface area contributed by atoms with Crippen molar-refractivity contribution in [3.05, 3.63) is 65.5 Å². The molecule has 2 aliphatic rings. The largest absolute Gasteiger partial charge is 0.334 e. The van der Waals surface area contributed by atoms with E-state index in [4.69, 9.17) is 0 Å². The molecule has 3 heterocycles. The van der Waals surface area contributed by atoms with Gasteiger partial charge < -0.3 is 10.2 Å². The summed E-state index contributed by atoms with van der Waals surface area (Å²) >= 11 is 0. The minimum atomic E-state index is 0.0623. The lowest BCUT2D eigenvalue weighted by molar-refractivity contribution is 0.0253. The highest BCUT2D eigenvalue weighted by Crippen LogP contribution is 2.34. The first-order valence-corrected chi connectivity index (χ1v) is 9.71. The molecule has 1 aromatic heterocycles. The van der Waals surface area contributed by atoms with Gasteiger partial charge in [-0.15, -0.1) is 0 Å². The number of fused-ring (bicyclic) bond motifs is 1. The van der Waals surface area contributed by atoms with E-state index in [-0.39, 0.29) is 11.4 Å². The van der Waals surface area contributed by atoms with Gasteiger partial charge in [-0.1, -0.05) is 30.3 Å². The van der Waals surface area contributed by atoms with E-state index in [1.807, 2.05) is 30.3 Å².